The minimum Gasteiger partial charge on any atom is -0.354 e. The Labute approximate surface area is 189 Å². The van der Waals surface area contributed by atoms with Crippen molar-refractivity contribution in [2.24, 2.45) is 5.92 Å². The van der Waals surface area contributed by atoms with Crippen LogP contribution in [-0.4, -0.2) is 64.7 Å². The van der Waals surface area contributed by atoms with Gasteiger partial charge in [0.1, 0.15) is 5.82 Å². The molecule has 2 aliphatic heterocycles. The Hall–Kier alpha value is -2.93. The fraction of sp³-hybridized carbons (Fsp3) is 0.480. The minimum absolute atomic E-state index is 0.0307. The molecule has 2 aliphatic rings. The van der Waals surface area contributed by atoms with Gasteiger partial charge in [-0.25, -0.2) is 4.98 Å². The highest BCUT2D eigenvalue weighted by molar-refractivity contribution is 5.82. The Bertz CT molecular complexity index is 1090. The molecule has 2 aromatic heterocycles. The molecule has 1 atom stereocenters. The topological polar surface area (TPSA) is 65.8 Å². The maximum Gasteiger partial charge on any atom is 0.229 e. The number of anilines is 1. The van der Waals surface area contributed by atoms with Crippen molar-refractivity contribution in [1.82, 2.24) is 24.8 Å². The van der Waals surface area contributed by atoms with Gasteiger partial charge in [-0.05, 0) is 31.4 Å². The van der Waals surface area contributed by atoms with E-state index in [0.29, 0.717) is 0 Å². The summed E-state index contributed by atoms with van der Waals surface area (Å²) in [6, 6.07) is 12.6. The Balaban J connectivity index is 1.31. The molecule has 1 N–H and O–H groups in total. The van der Waals surface area contributed by atoms with Crippen LogP contribution in [0.2, 0.25) is 0 Å². The van der Waals surface area contributed by atoms with Gasteiger partial charge in [0.15, 0.2) is 5.65 Å². The third-order valence-electron chi connectivity index (χ3n) is 6.99. The zero-order chi connectivity index (χ0) is 22.1. The number of aromatic nitrogens is 3. The standard InChI is InChI=1S/C25H32N6O/c1-3-20(15-18-7-5-4-6-8-18)29(2)25(32)19-16-30(17-19)24-21-9-12-26-13-10-22(21)28-23-11-14-27-31(23)24/h4-8,11,14,19-20,26H,3,9-10,12-13,15-17H2,1-2H3. The first-order chi connectivity index (χ1) is 15.7. The van der Waals surface area contributed by atoms with Crippen LogP contribution >= 0.6 is 0 Å². The predicted octanol–water partition coefficient (Wildman–Crippen LogP) is 2.33. The van der Waals surface area contributed by atoms with Crippen LogP contribution in [0.1, 0.15) is 30.2 Å². The number of hydrogen-bond acceptors (Lipinski definition) is 5. The van der Waals surface area contributed by atoms with Crippen LogP contribution in [0.25, 0.3) is 5.65 Å². The summed E-state index contributed by atoms with van der Waals surface area (Å²) in [5, 5.41) is 8.03. The van der Waals surface area contributed by atoms with E-state index in [9.17, 15) is 4.79 Å². The molecule has 7 heteroatoms. The van der Waals surface area contributed by atoms with E-state index in [1.165, 1.54) is 16.8 Å². The molecule has 1 unspecified atom stereocenters. The van der Waals surface area contributed by atoms with Crippen molar-refractivity contribution in [3.8, 4) is 0 Å². The number of benzene rings is 1. The number of rotatable bonds is 6. The Morgan fingerprint density at radius 2 is 1.97 bits per heavy atom. The third-order valence-corrected chi connectivity index (χ3v) is 6.99. The molecule has 1 saturated heterocycles. The predicted molar refractivity (Wildman–Crippen MR) is 126 cm³/mol. The monoisotopic (exact) mass is 432 g/mol. The van der Waals surface area contributed by atoms with Crippen molar-refractivity contribution in [2.45, 2.75) is 38.6 Å². The molecule has 168 valence electrons. The Morgan fingerprint density at radius 1 is 1.19 bits per heavy atom. The fourth-order valence-electron chi connectivity index (χ4n) is 5.06. The van der Waals surface area contributed by atoms with E-state index < -0.39 is 0 Å². The molecular weight excluding hydrogens is 400 g/mol. The second kappa shape index (κ2) is 8.90. The van der Waals surface area contributed by atoms with Gasteiger partial charge in [-0.2, -0.15) is 9.61 Å². The van der Waals surface area contributed by atoms with Crippen LogP contribution in [0.5, 0.6) is 0 Å². The Kier molecular flexibility index (Phi) is 5.83. The number of hydrogen-bond donors (Lipinski definition) is 1. The summed E-state index contributed by atoms with van der Waals surface area (Å²) in [5.41, 5.74) is 4.62. The smallest absolute Gasteiger partial charge is 0.229 e. The van der Waals surface area contributed by atoms with Crippen molar-refractivity contribution in [3.63, 3.8) is 0 Å². The van der Waals surface area contributed by atoms with Gasteiger partial charge >= 0.3 is 0 Å². The van der Waals surface area contributed by atoms with Gasteiger partial charge in [0, 0.05) is 50.8 Å². The third kappa shape index (κ3) is 3.86. The van der Waals surface area contributed by atoms with Gasteiger partial charge in [0.2, 0.25) is 5.91 Å². The SMILES string of the molecule is CCC(Cc1ccccc1)N(C)C(=O)C1CN(c2c3c(nc4ccnn24)CCNCC3)C1. The molecule has 32 heavy (non-hydrogen) atoms. The van der Waals surface area contributed by atoms with Gasteiger partial charge in [-0.3, -0.25) is 4.79 Å². The first-order valence-electron chi connectivity index (χ1n) is 11.8. The lowest BCUT2D eigenvalue weighted by Crippen LogP contribution is -2.56. The van der Waals surface area contributed by atoms with E-state index in [1.54, 1.807) is 0 Å². The summed E-state index contributed by atoms with van der Waals surface area (Å²) in [7, 11) is 1.97. The summed E-state index contributed by atoms with van der Waals surface area (Å²) in [4.78, 5) is 22.5. The average molecular weight is 433 g/mol. The zero-order valence-electron chi connectivity index (χ0n) is 19.0. The molecule has 0 bridgehead atoms. The molecule has 1 amide bonds. The molecule has 7 nitrogen and oxygen atoms in total. The second-order valence-electron chi connectivity index (χ2n) is 9.01. The summed E-state index contributed by atoms with van der Waals surface area (Å²) in [5.74, 6) is 1.41. The Morgan fingerprint density at radius 3 is 2.75 bits per heavy atom. The molecular formula is C25H32N6O. The molecule has 0 saturated carbocycles. The summed E-state index contributed by atoms with van der Waals surface area (Å²) in [6.45, 7) is 5.55. The lowest BCUT2D eigenvalue weighted by atomic mass is 9.95. The average Bonchev–Trinajstić information content (AvgIpc) is 3.12. The van der Waals surface area contributed by atoms with Crippen LogP contribution in [0.15, 0.2) is 42.6 Å². The molecule has 0 radical (unpaired) electrons. The van der Waals surface area contributed by atoms with Crippen molar-refractivity contribution < 1.29 is 4.79 Å². The van der Waals surface area contributed by atoms with E-state index >= 15 is 0 Å². The summed E-state index contributed by atoms with van der Waals surface area (Å²) < 4.78 is 1.96. The van der Waals surface area contributed by atoms with E-state index in [2.05, 4.69) is 46.5 Å². The van der Waals surface area contributed by atoms with Gasteiger partial charge in [0.05, 0.1) is 17.8 Å². The van der Waals surface area contributed by atoms with Crippen molar-refractivity contribution >= 4 is 17.4 Å². The van der Waals surface area contributed by atoms with Crippen molar-refractivity contribution in [1.29, 1.82) is 0 Å². The molecule has 3 aromatic rings. The van der Waals surface area contributed by atoms with E-state index in [1.807, 2.05) is 34.8 Å². The number of carbonyl (C=O) groups is 1. The van der Waals surface area contributed by atoms with Gasteiger partial charge in [0.25, 0.3) is 0 Å². The maximum atomic E-state index is 13.3. The van der Waals surface area contributed by atoms with Crippen LogP contribution < -0.4 is 10.2 Å². The highest BCUT2D eigenvalue weighted by Crippen LogP contribution is 2.32. The normalized spacial score (nSPS) is 17.5. The minimum atomic E-state index is 0.0307. The number of nitrogens with one attached hydrogen (secondary N) is 1. The van der Waals surface area contributed by atoms with Gasteiger partial charge in [-0.15, -0.1) is 0 Å². The lowest BCUT2D eigenvalue weighted by Gasteiger charge is -2.43. The number of likely N-dealkylation sites (N-methyl/N-ethyl adjacent to an activating group) is 1. The lowest BCUT2D eigenvalue weighted by molar-refractivity contribution is -0.137. The fourth-order valence-corrected chi connectivity index (χ4v) is 5.06. The first-order valence-corrected chi connectivity index (χ1v) is 11.8. The van der Waals surface area contributed by atoms with E-state index in [-0.39, 0.29) is 17.9 Å². The molecule has 4 heterocycles. The zero-order valence-corrected chi connectivity index (χ0v) is 19.0. The largest absolute Gasteiger partial charge is 0.354 e. The maximum absolute atomic E-state index is 13.3. The van der Waals surface area contributed by atoms with E-state index in [4.69, 9.17) is 4.98 Å². The molecule has 5 rings (SSSR count). The highest BCUT2D eigenvalue weighted by atomic mass is 16.2. The van der Waals surface area contributed by atoms with Gasteiger partial charge in [-0.1, -0.05) is 37.3 Å². The second-order valence-corrected chi connectivity index (χ2v) is 9.01. The number of fused-ring (bicyclic) bond motifs is 2. The molecule has 0 aliphatic carbocycles. The van der Waals surface area contributed by atoms with Crippen molar-refractivity contribution in [2.75, 3.05) is 38.1 Å². The quantitative estimate of drug-likeness (QED) is 0.648. The van der Waals surface area contributed by atoms with Crippen LogP contribution in [0.4, 0.5) is 5.82 Å². The molecule has 1 aromatic carbocycles. The summed E-state index contributed by atoms with van der Waals surface area (Å²) in [6.07, 6.45) is 5.54. The van der Waals surface area contributed by atoms with E-state index in [0.717, 1.165) is 63.3 Å². The molecule has 1 fully saturated rings. The highest BCUT2D eigenvalue weighted by Gasteiger charge is 2.38. The number of nitrogens with zero attached hydrogens (tertiary/aromatic N) is 5. The number of carbonyl (C=O) groups excluding carboxylic acids is 1. The van der Waals surface area contributed by atoms with Crippen LogP contribution in [0.3, 0.4) is 0 Å². The van der Waals surface area contributed by atoms with Crippen LogP contribution in [0, 0.1) is 5.92 Å². The van der Waals surface area contributed by atoms with Gasteiger partial charge < -0.3 is 15.1 Å². The first kappa shape index (κ1) is 20.9. The molecule has 0 spiro atoms. The van der Waals surface area contributed by atoms with Crippen LogP contribution in [-0.2, 0) is 24.1 Å². The number of amides is 1. The van der Waals surface area contributed by atoms with Crippen molar-refractivity contribution in [3.05, 3.63) is 59.4 Å². The summed E-state index contributed by atoms with van der Waals surface area (Å²) >= 11 is 0.